The van der Waals surface area contributed by atoms with E-state index in [0.717, 1.165) is 17.3 Å². The van der Waals surface area contributed by atoms with Crippen LogP contribution in [0.15, 0.2) is 18.5 Å². The van der Waals surface area contributed by atoms with Crippen molar-refractivity contribution in [3.8, 4) is 0 Å². The molecule has 0 atom stereocenters. The predicted octanol–water partition coefficient (Wildman–Crippen LogP) is 1.49. The van der Waals surface area contributed by atoms with E-state index in [-0.39, 0.29) is 5.91 Å². The average molecular weight is 248 g/mol. The molecule has 6 heteroatoms. The lowest BCUT2D eigenvalue weighted by Crippen LogP contribution is -2.24. The Morgan fingerprint density at radius 3 is 2.89 bits per heavy atom. The van der Waals surface area contributed by atoms with Crippen molar-refractivity contribution >= 4 is 5.91 Å². The fraction of sp³-hybridized carbons (Fsp3) is 0.250. The van der Waals surface area contributed by atoms with Gasteiger partial charge in [0.2, 0.25) is 5.95 Å². The van der Waals surface area contributed by atoms with Crippen LogP contribution >= 0.6 is 0 Å². The zero-order valence-electron chi connectivity index (χ0n) is 10.1. The van der Waals surface area contributed by atoms with Gasteiger partial charge in [-0.25, -0.2) is 4.98 Å². The third-order valence-corrected chi connectivity index (χ3v) is 2.69. The first-order valence-electron chi connectivity index (χ1n) is 5.47. The highest BCUT2D eigenvalue weighted by Gasteiger charge is 2.11. The number of H-pyrrole nitrogens is 1. The largest absolute Gasteiger partial charge is 0.348 e. The number of aryl methyl sites for hydroxylation is 2. The molecule has 0 spiro atoms. The third-order valence-electron chi connectivity index (χ3n) is 2.69. The van der Waals surface area contributed by atoms with Gasteiger partial charge in [0.25, 0.3) is 5.91 Å². The molecular formula is C12H13FN4O. The first-order chi connectivity index (χ1) is 8.58. The molecule has 2 rings (SSSR count). The van der Waals surface area contributed by atoms with Gasteiger partial charge in [-0.2, -0.15) is 9.49 Å². The molecule has 2 aromatic heterocycles. The van der Waals surface area contributed by atoms with Crippen LogP contribution in [0.3, 0.4) is 0 Å². The van der Waals surface area contributed by atoms with Crippen molar-refractivity contribution < 1.29 is 9.18 Å². The number of carbonyl (C=O) groups excluding carboxylic acids is 1. The summed E-state index contributed by atoms with van der Waals surface area (Å²) in [6.07, 6.45) is 2.99. The molecule has 5 nitrogen and oxygen atoms in total. The number of hydrogen-bond acceptors (Lipinski definition) is 3. The van der Waals surface area contributed by atoms with Crippen LogP contribution < -0.4 is 5.32 Å². The number of aromatic nitrogens is 3. The lowest BCUT2D eigenvalue weighted by atomic mass is 10.1. The Kier molecular flexibility index (Phi) is 3.36. The lowest BCUT2D eigenvalue weighted by Gasteiger charge is -2.06. The van der Waals surface area contributed by atoms with Gasteiger partial charge in [-0.1, -0.05) is 0 Å². The monoisotopic (exact) mass is 248 g/mol. The van der Waals surface area contributed by atoms with Gasteiger partial charge in [-0.15, -0.1) is 0 Å². The number of pyridine rings is 1. The maximum Gasteiger partial charge on any atom is 0.252 e. The van der Waals surface area contributed by atoms with Crippen LogP contribution in [0.25, 0.3) is 0 Å². The van der Waals surface area contributed by atoms with Gasteiger partial charge in [0, 0.05) is 35.6 Å². The number of carbonyl (C=O) groups is 1. The number of halogens is 1. The molecule has 18 heavy (non-hydrogen) atoms. The van der Waals surface area contributed by atoms with Gasteiger partial charge >= 0.3 is 0 Å². The molecule has 2 N–H and O–H groups in total. The summed E-state index contributed by atoms with van der Waals surface area (Å²) in [6.45, 7) is 3.93. The summed E-state index contributed by atoms with van der Waals surface area (Å²) >= 11 is 0. The number of rotatable bonds is 3. The summed E-state index contributed by atoms with van der Waals surface area (Å²) in [7, 11) is 0. The predicted molar refractivity (Wildman–Crippen MR) is 63.4 cm³/mol. The van der Waals surface area contributed by atoms with Crippen LogP contribution in [0.2, 0.25) is 0 Å². The standard InChI is InChI=1S/C12H13FN4O/c1-7-4-14-11(13)3-10(7)12(18)15-5-9-6-16-17-8(9)2/h3-4,6H,5H2,1-2H3,(H,15,18)(H,16,17). The second-order valence-corrected chi connectivity index (χ2v) is 4.02. The second kappa shape index (κ2) is 4.95. The van der Waals surface area contributed by atoms with E-state index in [9.17, 15) is 9.18 Å². The number of aromatic amines is 1. The van der Waals surface area contributed by atoms with Crippen molar-refractivity contribution in [2.24, 2.45) is 0 Å². The smallest absolute Gasteiger partial charge is 0.252 e. The third kappa shape index (κ3) is 2.53. The van der Waals surface area contributed by atoms with E-state index in [0.29, 0.717) is 17.7 Å². The Balaban J connectivity index is 2.08. The zero-order chi connectivity index (χ0) is 13.1. The Morgan fingerprint density at radius 2 is 2.22 bits per heavy atom. The number of amides is 1. The molecule has 94 valence electrons. The SMILES string of the molecule is Cc1cnc(F)cc1C(=O)NCc1cn[nH]c1C. The van der Waals surface area contributed by atoms with E-state index in [1.807, 2.05) is 6.92 Å². The van der Waals surface area contributed by atoms with Crippen molar-refractivity contribution in [2.75, 3.05) is 0 Å². The molecular weight excluding hydrogens is 235 g/mol. The highest BCUT2D eigenvalue weighted by Crippen LogP contribution is 2.08. The summed E-state index contributed by atoms with van der Waals surface area (Å²) in [5.41, 5.74) is 2.73. The minimum Gasteiger partial charge on any atom is -0.348 e. The average Bonchev–Trinajstić information content (AvgIpc) is 2.75. The maximum atomic E-state index is 13.0. The van der Waals surface area contributed by atoms with E-state index < -0.39 is 5.95 Å². The Bertz CT molecular complexity index is 579. The molecule has 0 aliphatic carbocycles. The van der Waals surface area contributed by atoms with E-state index in [2.05, 4.69) is 20.5 Å². The molecule has 0 radical (unpaired) electrons. The summed E-state index contributed by atoms with van der Waals surface area (Å²) in [6, 6.07) is 1.13. The summed E-state index contributed by atoms with van der Waals surface area (Å²) < 4.78 is 13.0. The molecule has 0 fully saturated rings. The normalized spacial score (nSPS) is 10.4. The molecule has 1 amide bonds. The highest BCUT2D eigenvalue weighted by atomic mass is 19.1. The van der Waals surface area contributed by atoms with Gasteiger partial charge in [0.15, 0.2) is 0 Å². The van der Waals surface area contributed by atoms with Crippen molar-refractivity contribution in [1.29, 1.82) is 0 Å². The van der Waals surface area contributed by atoms with Gasteiger partial charge in [0.1, 0.15) is 0 Å². The highest BCUT2D eigenvalue weighted by molar-refractivity contribution is 5.95. The molecule has 0 aliphatic heterocycles. The van der Waals surface area contributed by atoms with E-state index >= 15 is 0 Å². The number of hydrogen-bond donors (Lipinski definition) is 2. The van der Waals surface area contributed by atoms with Crippen LogP contribution in [0, 0.1) is 19.8 Å². The van der Waals surface area contributed by atoms with Crippen molar-refractivity contribution in [2.45, 2.75) is 20.4 Å². The van der Waals surface area contributed by atoms with Crippen LogP contribution in [0.4, 0.5) is 4.39 Å². The van der Waals surface area contributed by atoms with E-state index in [1.165, 1.54) is 6.20 Å². The quantitative estimate of drug-likeness (QED) is 0.808. The second-order valence-electron chi connectivity index (χ2n) is 4.02. The first kappa shape index (κ1) is 12.2. The van der Waals surface area contributed by atoms with Crippen LogP contribution in [-0.2, 0) is 6.54 Å². The van der Waals surface area contributed by atoms with Crippen LogP contribution in [-0.4, -0.2) is 21.1 Å². The summed E-state index contributed by atoms with van der Waals surface area (Å²) in [4.78, 5) is 15.4. The van der Waals surface area contributed by atoms with Gasteiger partial charge in [-0.05, 0) is 19.4 Å². The van der Waals surface area contributed by atoms with Gasteiger partial charge < -0.3 is 5.32 Å². The first-order valence-corrected chi connectivity index (χ1v) is 5.47. The fourth-order valence-electron chi connectivity index (χ4n) is 1.57. The molecule has 2 heterocycles. The Hall–Kier alpha value is -2.24. The minimum atomic E-state index is -0.662. The van der Waals surface area contributed by atoms with Crippen molar-refractivity contribution in [1.82, 2.24) is 20.5 Å². The van der Waals surface area contributed by atoms with Gasteiger partial charge in [-0.3, -0.25) is 9.89 Å². The molecule has 0 unspecified atom stereocenters. The zero-order valence-corrected chi connectivity index (χ0v) is 10.1. The molecule has 0 saturated heterocycles. The van der Waals surface area contributed by atoms with Crippen molar-refractivity contribution in [3.63, 3.8) is 0 Å². The van der Waals surface area contributed by atoms with Crippen molar-refractivity contribution in [3.05, 3.63) is 46.8 Å². The number of nitrogens with zero attached hydrogens (tertiary/aromatic N) is 2. The summed E-state index contributed by atoms with van der Waals surface area (Å²) in [5.74, 6) is -0.986. The summed E-state index contributed by atoms with van der Waals surface area (Å²) in [5, 5.41) is 9.36. The van der Waals surface area contributed by atoms with Crippen LogP contribution in [0.5, 0.6) is 0 Å². The number of nitrogens with one attached hydrogen (secondary N) is 2. The Labute approximate surface area is 103 Å². The van der Waals surface area contributed by atoms with Crippen LogP contribution in [0.1, 0.15) is 27.2 Å². The maximum absolute atomic E-state index is 13.0. The minimum absolute atomic E-state index is 0.295. The lowest BCUT2D eigenvalue weighted by molar-refractivity contribution is 0.0949. The molecule has 0 saturated carbocycles. The van der Waals surface area contributed by atoms with Gasteiger partial charge in [0.05, 0.1) is 6.20 Å². The van der Waals surface area contributed by atoms with E-state index in [4.69, 9.17) is 0 Å². The fourth-order valence-corrected chi connectivity index (χ4v) is 1.57. The molecule has 0 bridgehead atoms. The molecule has 2 aromatic rings. The Morgan fingerprint density at radius 1 is 1.44 bits per heavy atom. The topological polar surface area (TPSA) is 70.7 Å². The van der Waals surface area contributed by atoms with E-state index in [1.54, 1.807) is 13.1 Å². The molecule has 0 aliphatic rings. The molecule has 0 aromatic carbocycles.